The minimum atomic E-state index is -0.370. The van der Waals surface area contributed by atoms with Crippen LogP contribution in [0.15, 0.2) is 24.3 Å². The molecule has 0 bridgehead atoms. The fourth-order valence-electron chi connectivity index (χ4n) is 1.70. The second-order valence-electron chi connectivity index (χ2n) is 4.00. The van der Waals surface area contributed by atoms with Crippen LogP contribution in [0.5, 0.6) is 0 Å². The van der Waals surface area contributed by atoms with Crippen molar-refractivity contribution in [2.75, 3.05) is 18.0 Å². The van der Waals surface area contributed by atoms with Crippen molar-refractivity contribution in [2.24, 2.45) is 11.7 Å². The molecule has 0 aromatic heterocycles. The summed E-state index contributed by atoms with van der Waals surface area (Å²) < 4.78 is 13.6. The topological polar surface area (TPSA) is 46.3 Å². The number of halogens is 1. The third-order valence-electron chi connectivity index (χ3n) is 2.69. The van der Waals surface area contributed by atoms with Gasteiger partial charge in [0.1, 0.15) is 5.82 Å². The molecule has 4 heteroatoms. The summed E-state index contributed by atoms with van der Waals surface area (Å²) in [7, 11) is 0. The van der Waals surface area contributed by atoms with E-state index in [9.17, 15) is 9.18 Å². The third kappa shape index (κ3) is 2.22. The van der Waals surface area contributed by atoms with Crippen LogP contribution in [-0.4, -0.2) is 19.0 Å². The zero-order valence-electron chi connectivity index (χ0n) is 9.03. The van der Waals surface area contributed by atoms with E-state index in [1.165, 1.54) is 11.0 Å². The van der Waals surface area contributed by atoms with Gasteiger partial charge in [-0.3, -0.25) is 4.79 Å². The number of carbonyl (C=O) groups excluding carboxylic acids is 1. The maximum absolute atomic E-state index is 13.6. The molecular weight excluding hydrogens is 207 g/mol. The zero-order valence-corrected chi connectivity index (χ0v) is 9.03. The first-order valence-corrected chi connectivity index (χ1v) is 5.50. The number of para-hydroxylation sites is 1. The third-order valence-corrected chi connectivity index (χ3v) is 2.69. The number of rotatable bonds is 4. The summed E-state index contributed by atoms with van der Waals surface area (Å²) in [6.45, 7) is 0.711. The molecule has 1 fully saturated rings. The predicted molar refractivity (Wildman–Crippen MR) is 60.5 cm³/mol. The monoisotopic (exact) mass is 222 g/mol. The lowest BCUT2D eigenvalue weighted by Gasteiger charge is -2.22. The van der Waals surface area contributed by atoms with E-state index in [0.717, 1.165) is 12.8 Å². The van der Waals surface area contributed by atoms with Crippen molar-refractivity contribution in [3.63, 3.8) is 0 Å². The number of nitrogens with two attached hydrogens (primary N) is 1. The van der Waals surface area contributed by atoms with Crippen molar-refractivity contribution < 1.29 is 9.18 Å². The zero-order chi connectivity index (χ0) is 11.5. The van der Waals surface area contributed by atoms with Gasteiger partial charge in [-0.2, -0.15) is 0 Å². The van der Waals surface area contributed by atoms with E-state index in [-0.39, 0.29) is 17.6 Å². The Kier molecular flexibility index (Phi) is 3.19. The number of anilines is 1. The molecule has 0 aliphatic heterocycles. The fourth-order valence-corrected chi connectivity index (χ4v) is 1.70. The highest BCUT2D eigenvalue weighted by molar-refractivity contribution is 5.96. The Morgan fingerprint density at radius 2 is 2.12 bits per heavy atom. The number of amides is 1. The smallest absolute Gasteiger partial charge is 0.230 e. The van der Waals surface area contributed by atoms with E-state index in [1.54, 1.807) is 18.2 Å². The van der Waals surface area contributed by atoms with Crippen molar-refractivity contribution in [1.82, 2.24) is 0 Å². The molecule has 1 aliphatic carbocycles. The standard InChI is InChI=1S/C12H15FN2O/c13-10-3-1-2-4-11(10)15(8-7-14)12(16)9-5-6-9/h1-4,9H,5-8,14H2. The number of benzene rings is 1. The molecule has 1 saturated carbocycles. The van der Waals surface area contributed by atoms with Gasteiger partial charge in [-0.25, -0.2) is 4.39 Å². The van der Waals surface area contributed by atoms with Gasteiger partial charge < -0.3 is 10.6 Å². The molecule has 0 atom stereocenters. The van der Waals surface area contributed by atoms with Crippen molar-refractivity contribution in [2.45, 2.75) is 12.8 Å². The lowest BCUT2D eigenvalue weighted by molar-refractivity contribution is -0.119. The van der Waals surface area contributed by atoms with Crippen LogP contribution in [0, 0.1) is 11.7 Å². The van der Waals surface area contributed by atoms with E-state index in [0.29, 0.717) is 18.8 Å². The lowest BCUT2D eigenvalue weighted by Crippen LogP contribution is -2.37. The van der Waals surface area contributed by atoms with Crippen LogP contribution in [-0.2, 0) is 4.79 Å². The molecule has 3 nitrogen and oxygen atoms in total. The van der Waals surface area contributed by atoms with Gasteiger partial charge in [-0.05, 0) is 25.0 Å². The Balaban J connectivity index is 2.24. The highest BCUT2D eigenvalue weighted by Gasteiger charge is 2.34. The van der Waals surface area contributed by atoms with E-state index < -0.39 is 0 Å². The highest BCUT2D eigenvalue weighted by atomic mass is 19.1. The van der Waals surface area contributed by atoms with Crippen LogP contribution in [0.3, 0.4) is 0 Å². The molecule has 1 aromatic carbocycles. The number of nitrogens with zero attached hydrogens (tertiary/aromatic N) is 1. The van der Waals surface area contributed by atoms with Crippen molar-refractivity contribution in [3.8, 4) is 0 Å². The Hall–Kier alpha value is -1.42. The second kappa shape index (κ2) is 4.61. The van der Waals surface area contributed by atoms with Gasteiger partial charge in [0.25, 0.3) is 0 Å². The summed E-state index contributed by atoms with van der Waals surface area (Å²) in [6, 6.07) is 6.31. The Labute approximate surface area is 94.0 Å². The van der Waals surface area contributed by atoms with Gasteiger partial charge >= 0.3 is 0 Å². The van der Waals surface area contributed by atoms with Gasteiger partial charge in [0.2, 0.25) is 5.91 Å². The van der Waals surface area contributed by atoms with E-state index in [2.05, 4.69) is 0 Å². The average Bonchev–Trinajstić information content (AvgIpc) is 3.10. The molecule has 2 N–H and O–H groups in total. The summed E-state index contributed by atoms with van der Waals surface area (Å²) >= 11 is 0. The van der Waals surface area contributed by atoms with Gasteiger partial charge in [-0.15, -0.1) is 0 Å². The predicted octanol–water partition coefficient (Wildman–Crippen LogP) is 1.53. The van der Waals surface area contributed by atoms with Crippen molar-refractivity contribution in [1.29, 1.82) is 0 Å². The van der Waals surface area contributed by atoms with Gasteiger partial charge in [0.05, 0.1) is 5.69 Å². The largest absolute Gasteiger partial charge is 0.329 e. The van der Waals surface area contributed by atoms with E-state index >= 15 is 0 Å². The first kappa shape index (κ1) is 11.1. The molecule has 2 rings (SSSR count). The number of carbonyl (C=O) groups is 1. The molecule has 0 spiro atoms. The van der Waals surface area contributed by atoms with Crippen molar-refractivity contribution in [3.05, 3.63) is 30.1 Å². The molecule has 16 heavy (non-hydrogen) atoms. The quantitative estimate of drug-likeness (QED) is 0.839. The van der Waals surface area contributed by atoms with E-state index in [4.69, 9.17) is 5.73 Å². The Bertz CT molecular complexity index is 390. The molecule has 0 unspecified atom stereocenters. The first-order valence-electron chi connectivity index (χ1n) is 5.50. The van der Waals surface area contributed by atoms with E-state index in [1.807, 2.05) is 0 Å². The maximum atomic E-state index is 13.6. The Morgan fingerprint density at radius 3 is 2.69 bits per heavy atom. The molecule has 86 valence electrons. The van der Waals surface area contributed by atoms with Crippen LogP contribution in [0.2, 0.25) is 0 Å². The van der Waals surface area contributed by atoms with Gasteiger partial charge in [0.15, 0.2) is 0 Å². The van der Waals surface area contributed by atoms with Gasteiger partial charge in [0, 0.05) is 19.0 Å². The normalized spacial score (nSPS) is 14.9. The minimum Gasteiger partial charge on any atom is -0.329 e. The average molecular weight is 222 g/mol. The molecule has 0 heterocycles. The van der Waals surface area contributed by atoms with Crippen LogP contribution < -0.4 is 10.6 Å². The fraction of sp³-hybridized carbons (Fsp3) is 0.417. The van der Waals surface area contributed by atoms with Crippen LogP contribution in [0.25, 0.3) is 0 Å². The number of hydrogen-bond donors (Lipinski definition) is 1. The molecule has 1 aromatic rings. The molecule has 1 amide bonds. The summed E-state index contributed by atoms with van der Waals surface area (Å²) in [5.74, 6) is -0.299. The molecule has 1 aliphatic rings. The van der Waals surface area contributed by atoms with Crippen LogP contribution in [0.1, 0.15) is 12.8 Å². The number of hydrogen-bond acceptors (Lipinski definition) is 2. The molecule has 0 radical (unpaired) electrons. The maximum Gasteiger partial charge on any atom is 0.230 e. The lowest BCUT2D eigenvalue weighted by atomic mass is 10.2. The minimum absolute atomic E-state index is 0.00412. The second-order valence-corrected chi connectivity index (χ2v) is 4.00. The summed E-state index contributed by atoms with van der Waals surface area (Å²) in [5.41, 5.74) is 5.80. The van der Waals surface area contributed by atoms with Gasteiger partial charge in [-0.1, -0.05) is 12.1 Å². The highest BCUT2D eigenvalue weighted by Crippen LogP contribution is 2.33. The molecular formula is C12H15FN2O. The molecule has 0 saturated heterocycles. The van der Waals surface area contributed by atoms with Crippen LogP contribution in [0.4, 0.5) is 10.1 Å². The summed E-state index contributed by atoms with van der Waals surface area (Å²) in [5, 5.41) is 0. The SMILES string of the molecule is NCCN(C(=O)C1CC1)c1ccccc1F. The Morgan fingerprint density at radius 1 is 1.44 bits per heavy atom. The first-order chi connectivity index (χ1) is 7.74. The van der Waals surface area contributed by atoms with Crippen molar-refractivity contribution >= 4 is 11.6 Å². The van der Waals surface area contributed by atoms with Crippen LogP contribution >= 0.6 is 0 Å². The summed E-state index contributed by atoms with van der Waals surface area (Å²) in [6.07, 6.45) is 1.82. The summed E-state index contributed by atoms with van der Waals surface area (Å²) in [4.78, 5) is 13.4.